The highest BCUT2D eigenvalue weighted by molar-refractivity contribution is 7.89. The first-order valence-electron chi connectivity index (χ1n) is 9.17. The Bertz CT molecular complexity index is 1430. The summed E-state index contributed by atoms with van der Waals surface area (Å²) in [4.78, 5) is 28.6. The van der Waals surface area contributed by atoms with Crippen molar-refractivity contribution in [2.45, 2.75) is 11.3 Å². The van der Waals surface area contributed by atoms with Crippen molar-refractivity contribution in [2.24, 2.45) is 5.14 Å². The molecule has 2 aromatic carbocycles. The van der Waals surface area contributed by atoms with Gasteiger partial charge in [-0.3, -0.25) is 14.6 Å². The number of rotatable bonds is 5. The normalized spacial score (nSPS) is 11.4. The van der Waals surface area contributed by atoms with Gasteiger partial charge in [-0.15, -0.1) is 0 Å². The molecule has 31 heavy (non-hydrogen) atoms. The Kier molecular flexibility index (Phi) is 5.32. The lowest BCUT2D eigenvalue weighted by atomic mass is 10.1. The molecule has 0 saturated carbocycles. The predicted molar refractivity (Wildman–Crippen MR) is 115 cm³/mol. The third kappa shape index (κ3) is 4.49. The number of carbonyl (C=O) groups is 1. The number of pyridine rings is 1. The van der Waals surface area contributed by atoms with Gasteiger partial charge in [0.2, 0.25) is 10.0 Å². The Morgan fingerprint density at radius 3 is 2.42 bits per heavy atom. The van der Waals surface area contributed by atoms with E-state index in [1.54, 1.807) is 42.6 Å². The number of anilines is 1. The summed E-state index contributed by atoms with van der Waals surface area (Å²) in [5.74, 6) is -0.343. The summed E-state index contributed by atoms with van der Waals surface area (Å²) in [7, 11) is -3.79. The molecule has 0 spiro atoms. The number of benzene rings is 2. The Labute approximate surface area is 177 Å². The Morgan fingerprint density at radius 2 is 1.74 bits per heavy atom. The minimum absolute atomic E-state index is 0.0345. The van der Waals surface area contributed by atoms with E-state index in [0.29, 0.717) is 34.3 Å². The van der Waals surface area contributed by atoms with Crippen LogP contribution >= 0.6 is 0 Å². The third-order valence-electron chi connectivity index (χ3n) is 4.65. The number of nitrogens with zero attached hydrogens (tertiary/aromatic N) is 2. The lowest BCUT2D eigenvalue weighted by molar-refractivity contribution is 0.102. The highest BCUT2D eigenvalue weighted by Crippen LogP contribution is 2.17. The lowest BCUT2D eigenvalue weighted by Crippen LogP contribution is -2.14. The van der Waals surface area contributed by atoms with E-state index in [0.717, 1.165) is 5.56 Å². The molecule has 4 aromatic rings. The molecule has 4 N–H and O–H groups in total. The van der Waals surface area contributed by atoms with E-state index < -0.39 is 10.0 Å². The van der Waals surface area contributed by atoms with Gasteiger partial charge >= 0.3 is 0 Å². The van der Waals surface area contributed by atoms with Crippen LogP contribution in [0.5, 0.6) is 0 Å². The van der Waals surface area contributed by atoms with Crippen molar-refractivity contribution < 1.29 is 13.2 Å². The molecule has 2 aromatic heterocycles. The van der Waals surface area contributed by atoms with Gasteiger partial charge in [0, 0.05) is 23.9 Å². The smallest absolute Gasteiger partial charge is 0.273 e. The highest BCUT2D eigenvalue weighted by Gasteiger charge is 2.11. The molecule has 0 atom stereocenters. The molecule has 0 aliphatic rings. The zero-order valence-corrected chi connectivity index (χ0v) is 16.9. The van der Waals surface area contributed by atoms with Crippen LogP contribution in [0.15, 0.2) is 76.6 Å². The van der Waals surface area contributed by atoms with Crippen molar-refractivity contribution >= 4 is 32.5 Å². The van der Waals surface area contributed by atoms with Crippen LogP contribution in [-0.2, 0) is 16.4 Å². The van der Waals surface area contributed by atoms with E-state index in [1.165, 1.54) is 24.3 Å². The summed E-state index contributed by atoms with van der Waals surface area (Å²) in [5.41, 5.74) is 2.63. The molecule has 0 aliphatic heterocycles. The van der Waals surface area contributed by atoms with E-state index in [9.17, 15) is 18.0 Å². The monoisotopic (exact) mass is 435 g/mol. The van der Waals surface area contributed by atoms with E-state index in [1.807, 2.05) is 0 Å². The van der Waals surface area contributed by atoms with Gasteiger partial charge in [0.15, 0.2) is 0 Å². The number of hydrogen-bond acceptors (Lipinski definition) is 6. The topological polar surface area (TPSA) is 148 Å². The molecule has 0 fully saturated rings. The second kappa shape index (κ2) is 8.09. The van der Waals surface area contributed by atoms with E-state index in [4.69, 9.17) is 5.14 Å². The number of carbonyl (C=O) groups excluding carboxylic acids is 1. The molecule has 1 amide bonds. The second-order valence-electron chi connectivity index (χ2n) is 6.80. The molecule has 10 heteroatoms. The van der Waals surface area contributed by atoms with Crippen LogP contribution in [0.4, 0.5) is 5.69 Å². The van der Waals surface area contributed by atoms with Crippen molar-refractivity contribution in [1.82, 2.24) is 15.2 Å². The van der Waals surface area contributed by atoms with Crippen molar-refractivity contribution in [3.05, 3.63) is 94.0 Å². The standard InChI is InChI=1S/C21H17N5O4S/c22-31(29,30)16-9-7-15(8-10-16)24-20(27)14-5-3-13(4-6-14)12-18-19-17(2-1-11-23-19)21(28)26-25-18/h1-11H,12H2,(H,24,27)(H,26,28)(H2,22,29,30). The average molecular weight is 435 g/mol. The first-order chi connectivity index (χ1) is 14.8. The quantitative estimate of drug-likeness (QED) is 0.435. The summed E-state index contributed by atoms with van der Waals surface area (Å²) in [6.45, 7) is 0. The van der Waals surface area contributed by atoms with E-state index in [2.05, 4.69) is 20.5 Å². The van der Waals surface area contributed by atoms with Gasteiger partial charge in [-0.2, -0.15) is 5.10 Å². The molecular weight excluding hydrogens is 418 g/mol. The SMILES string of the molecule is NS(=O)(=O)c1ccc(NC(=O)c2ccc(Cc3n[nH]c(=O)c4cccnc34)cc2)cc1. The van der Waals surface area contributed by atoms with Gasteiger partial charge in [0.25, 0.3) is 11.5 Å². The number of aromatic amines is 1. The number of amides is 1. The van der Waals surface area contributed by atoms with E-state index in [-0.39, 0.29) is 16.4 Å². The van der Waals surface area contributed by atoms with Crippen molar-refractivity contribution in [2.75, 3.05) is 5.32 Å². The summed E-state index contributed by atoms with van der Waals surface area (Å²) >= 11 is 0. The number of nitrogens with one attached hydrogen (secondary N) is 2. The van der Waals surface area contributed by atoms with Gasteiger partial charge in [0.1, 0.15) is 0 Å². The molecular formula is C21H17N5O4S. The van der Waals surface area contributed by atoms with E-state index >= 15 is 0 Å². The molecule has 0 unspecified atom stereocenters. The average Bonchev–Trinajstić information content (AvgIpc) is 2.76. The van der Waals surface area contributed by atoms with Gasteiger partial charge in [-0.1, -0.05) is 12.1 Å². The zero-order valence-electron chi connectivity index (χ0n) is 16.1. The number of H-pyrrole nitrogens is 1. The predicted octanol–water partition coefficient (Wildman–Crippen LogP) is 1.81. The second-order valence-corrected chi connectivity index (χ2v) is 8.36. The van der Waals surface area contributed by atoms with Crippen molar-refractivity contribution in [1.29, 1.82) is 0 Å². The molecule has 0 radical (unpaired) electrons. The maximum Gasteiger partial charge on any atom is 0.273 e. The van der Waals surface area contributed by atoms with Crippen molar-refractivity contribution in [3.63, 3.8) is 0 Å². The number of sulfonamides is 1. The lowest BCUT2D eigenvalue weighted by Gasteiger charge is -2.08. The molecule has 9 nitrogen and oxygen atoms in total. The first kappa shape index (κ1) is 20.4. The van der Waals surface area contributed by atoms with Crippen LogP contribution in [-0.4, -0.2) is 29.5 Å². The van der Waals surface area contributed by atoms with Gasteiger partial charge in [0.05, 0.1) is 21.5 Å². The third-order valence-corrected chi connectivity index (χ3v) is 5.58. The zero-order chi connectivity index (χ0) is 22.0. The van der Waals surface area contributed by atoms with Crippen LogP contribution < -0.4 is 16.0 Å². The van der Waals surface area contributed by atoms with Crippen LogP contribution in [0.3, 0.4) is 0 Å². The Balaban J connectivity index is 1.49. The number of primary sulfonamides is 1. The van der Waals surface area contributed by atoms with Gasteiger partial charge < -0.3 is 5.32 Å². The number of nitrogens with two attached hydrogens (primary N) is 1. The van der Waals surface area contributed by atoms with Crippen molar-refractivity contribution in [3.8, 4) is 0 Å². The summed E-state index contributed by atoms with van der Waals surface area (Å²) < 4.78 is 22.6. The van der Waals surface area contributed by atoms with Gasteiger partial charge in [-0.25, -0.2) is 18.7 Å². The first-order valence-corrected chi connectivity index (χ1v) is 10.7. The molecule has 4 rings (SSSR count). The van der Waals surface area contributed by atoms with Crippen LogP contribution in [0, 0.1) is 0 Å². The minimum atomic E-state index is -3.79. The van der Waals surface area contributed by atoms with Crippen LogP contribution in [0.1, 0.15) is 21.6 Å². The molecule has 156 valence electrons. The van der Waals surface area contributed by atoms with Crippen LogP contribution in [0.2, 0.25) is 0 Å². The Hall–Kier alpha value is -3.89. The van der Waals surface area contributed by atoms with Gasteiger partial charge in [-0.05, 0) is 54.1 Å². The maximum atomic E-state index is 12.5. The number of fused-ring (bicyclic) bond motifs is 1. The maximum absolute atomic E-state index is 12.5. The molecule has 0 saturated heterocycles. The molecule has 0 bridgehead atoms. The summed E-state index contributed by atoms with van der Waals surface area (Å²) in [6, 6.07) is 15.9. The Morgan fingerprint density at radius 1 is 1.03 bits per heavy atom. The molecule has 0 aliphatic carbocycles. The minimum Gasteiger partial charge on any atom is -0.322 e. The highest BCUT2D eigenvalue weighted by atomic mass is 32.2. The number of aromatic nitrogens is 3. The fraction of sp³-hybridized carbons (Fsp3) is 0.0476. The molecule has 2 heterocycles. The number of hydrogen-bond donors (Lipinski definition) is 3. The summed E-state index contributed by atoms with van der Waals surface area (Å²) in [5, 5.41) is 14.8. The fourth-order valence-corrected chi connectivity index (χ4v) is 3.59. The van der Waals surface area contributed by atoms with Crippen LogP contribution in [0.25, 0.3) is 10.9 Å². The fourth-order valence-electron chi connectivity index (χ4n) is 3.07. The summed E-state index contributed by atoms with van der Waals surface area (Å²) in [6.07, 6.45) is 2.04. The largest absolute Gasteiger partial charge is 0.322 e.